The first-order chi connectivity index (χ1) is 11.3. The van der Waals surface area contributed by atoms with Gasteiger partial charge in [0.25, 0.3) is 5.91 Å². The van der Waals surface area contributed by atoms with Gasteiger partial charge in [-0.1, -0.05) is 18.2 Å². The van der Waals surface area contributed by atoms with Crippen LogP contribution in [0, 0.1) is 0 Å². The fourth-order valence-corrected chi connectivity index (χ4v) is 2.91. The molecule has 2 aromatic carbocycles. The van der Waals surface area contributed by atoms with Gasteiger partial charge in [0.15, 0.2) is 0 Å². The number of carbonyl (C=O) groups is 1. The van der Waals surface area contributed by atoms with Crippen LogP contribution in [-0.4, -0.2) is 19.1 Å². The number of amides is 1. The van der Waals surface area contributed by atoms with Gasteiger partial charge in [-0.3, -0.25) is 4.79 Å². The van der Waals surface area contributed by atoms with Crippen LogP contribution in [-0.2, 0) is 13.0 Å². The lowest BCUT2D eigenvalue weighted by molar-refractivity contribution is 0.0950. The summed E-state index contributed by atoms with van der Waals surface area (Å²) in [6.07, 6.45) is 2.01. The highest BCUT2D eigenvalue weighted by Gasteiger charge is 2.17. The first-order valence-corrected chi connectivity index (χ1v) is 8.13. The summed E-state index contributed by atoms with van der Waals surface area (Å²) in [5.74, 6) is 0.813. The molecule has 0 saturated carbocycles. The van der Waals surface area contributed by atoms with Crippen molar-refractivity contribution in [1.29, 1.82) is 0 Å². The maximum absolute atomic E-state index is 12.5. The molecule has 24 heavy (non-hydrogen) atoms. The molecule has 1 aliphatic heterocycles. The molecule has 0 bridgehead atoms. The van der Waals surface area contributed by atoms with E-state index in [9.17, 15) is 4.79 Å². The second kappa shape index (κ2) is 8.60. The molecule has 0 aromatic heterocycles. The number of nitrogens with one attached hydrogen (secondary N) is 2. The second-order valence-electron chi connectivity index (χ2n) is 5.63. The molecule has 1 heterocycles. The predicted octanol–water partition coefficient (Wildman–Crippen LogP) is 3.80. The van der Waals surface area contributed by atoms with E-state index in [0.717, 1.165) is 47.5 Å². The van der Waals surface area contributed by atoms with E-state index in [1.807, 2.05) is 49.4 Å². The maximum Gasteiger partial charge on any atom is 0.251 e. The first-order valence-electron chi connectivity index (χ1n) is 8.13. The van der Waals surface area contributed by atoms with Crippen LogP contribution in [0.3, 0.4) is 0 Å². The van der Waals surface area contributed by atoms with Crippen LogP contribution < -0.4 is 15.4 Å². The third-order valence-electron chi connectivity index (χ3n) is 4.00. The summed E-state index contributed by atoms with van der Waals surface area (Å²) in [4.78, 5) is 12.5. The third kappa shape index (κ3) is 4.20. The fourth-order valence-electron chi connectivity index (χ4n) is 2.91. The number of hydrogen-bond acceptors (Lipinski definition) is 3. The van der Waals surface area contributed by atoms with Gasteiger partial charge in [0.05, 0.1) is 6.61 Å². The monoisotopic (exact) mass is 346 g/mol. The second-order valence-corrected chi connectivity index (χ2v) is 5.63. The topological polar surface area (TPSA) is 50.4 Å². The van der Waals surface area contributed by atoms with Crippen molar-refractivity contribution < 1.29 is 9.53 Å². The van der Waals surface area contributed by atoms with Crippen LogP contribution in [0.1, 0.15) is 34.8 Å². The Hall–Kier alpha value is -2.20. The summed E-state index contributed by atoms with van der Waals surface area (Å²) >= 11 is 0. The van der Waals surface area contributed by atoms with Crippen molar-refractivity contribution in [2.24, 2.45) is 0 Å². The molecule has 0 atom stereocenters. The lowest BCUT2D eigenvalue weighted by atomic mass is 9.97. The van der Waals surface area contributed by atoms with E-state index in [4.69, 9.17) is 4.74 Å². The molecule has 1 amide bonds. The average molecular weight is 347 g/mol. The third-order valence-corrected chi connectivity index (χ3v) is 4.00. The number of carbonyl (C=O) groups excluding carboxylic acids is 1. The Morgan fingerprint density at radius 3 is 2.92 bits per heavy atom. The van der Waals surface area contributed by atoms with E-state index in [0.29, 0.717) is 13.2 Å². The van der Waals surface area contributed by atoms with Gasteiger partial charge in [0.2, 0.25) is 0 Å². The van der Waals surface area contributed by atoms with E-state index >= 15 is 0 Å². The van der Waals surface area contributed by atoms with Gasteiger partial charge in [0, 0.05) is 24.3 Å². The fraction of sp³-hybridized carbons (Fsp3) is 0.316. The van der Waals surface area contributed by atoms with Gasteiger partial charge in [-0.05, 0) is 55.2 Å². The SMILES string of the molecule is CCOc1cccc(CNC(=O)c2cccc3c2CCCN3)c1.Cl. The number of anilines is 1. The zero-order chi connectivity index (χ0) is 16.1. The van der Waals surface area contributed by atoms with Crippen molar-refractivity contribution >= 4 is 24.0 Å². The summed E-state index contributed by atoms with van der Waals surface area (Å²) in [6.45, 7) is 4.07. The van der Waals surface area contributed by atoms with Crippen molar-refractivity contribution in [3.05, 3.63) is 59.2 Å². The van der Waals surface area contributed by atoms with Crippen molar-refractivity contribution in [2.75, 3.05) is 18.5 Å². The van der Waals surface area contributed by atoms with E-state index in [1.54, 1.807) is 0 Å². The molecule has 0 aliphatic carbocycles. The Kier molecular flexibility index (Phi) is 6.50. The molecule has 4 nitrogen and oxygen atoms in total. The Morgan fingerprint density at radius 2 is 2.08 bits per heavy atom. The zero-order valence-corrected chi connectivity index (χ0v) is 14.6. The molecule has 0 saturated heterocycles. The van der Waals surface area contributed by atoms with Crippen LogP contribution in [0.5, 0.6) is 5.75 Å². The van der Waals surface area contributed by atoms with Crippen LogP contribution in [0.4, 0.5) is 5.69 Å². The number of hydrogen-bond donors (Lipinski definition) is 2. The Bertz CT molecular complexity index is 704. The molecule has 2 aromatic rings. The van der Waals surface area contributed by atoms with Crippen molar-refractivity contribution in [2.45, 2.75) is 26.3 Å². The molecule has 0 radical (unpaired) electrons. The summed E-state index contributed by atoms with van der Waals surface area (Å²) in [5.41, 5.74) is 4.02. The highest BCUT2D eigenvalue weighted by molar-refractivity contribution is 5.97. The number of benzene rings is 2. The van der Waals surface area contributed by atoms with E-state index in [2.05, 4.69) is 10.6 Å². The highest BCUT2D eigenvalue weighted by Crippen LogP contribution is 2.25. The molecule has 5 heteroatoms. The van der Waals surface area contributed by atoms with Crippen LogP contribution in [0.25, 0.3) is 0 Å². The standard InChI is InChI=1S/C19H22N2O2.ClH/c1-2-23-15-7-3-6-14(12-15)13-21-19(22)17-8-4-10-18-16(17)9-5-11-20-18;/h3-4,6-8,10,12,20H,2,5,9,11,13H2,1H3,(H,21,22);1H. The van der Waals surface area contributed by atoms with Crippen LogP contribution >= 0.6 is 12.4 Å². The van der Waals surface area contributed by atoms with Gasteiger partial charge in [-0.25, -0.2) is 0 Å². The van der Waals surface area contributed by atoms with E-state index in [1.165, 1.54) is 0 Å². The van der Waals surface area contributed by atoms with E-state index < -0.39 is 0 Å². The van der Waals surface area contributed by atoms with Gasteiger partial charge in [-0.2, -0.15) is 0 Å². The van der Waals surface area contributed by atoms with Gasteiger partial charge >= 0.3 is 0 Å². The highest BCUT2D eigenvalue weighted by atomic mass is 35.5. The van der Waals surface area contributed by atoms with Crippen LogP contribution in [0.15, 0.2) is 42.5 Å². The van der Waals surface area contributed by atoms with Crippen molar-refractivity contribution in [3.63, 3.8) is 0 Å². The molecule has 0 fully saturated rings. The predicted molar refractivity (Wildman–Crippen MR) is 99.3 cm³/mol. The summed E-state index contributed by atoms with van der Waals surface area (Å²) in [7, 11) is 0. The molecular weight excluding hydrogens is 324 g/mol. The molecule has 3 rings (SSSR count). The van der Waals surface area contributed by atoms with Crippen molar-refractivity contribution in [1.82, 2.24) is 5.32 Å². The lowest BCUT2D eigenvalue weighted by Gasteiger charge is -2.20. The quantitative estimate of drug-likeness (QED) is 0.865. The van der Waals surface area contributed by atoms with Crippen LogP contribution in [0.2, 0.25) is 0 Å². The molecule has 0 unspecified atom stereocenters. The Morgan fingerprint density at radius 1 is 1.25 bits per heavy atom. The molecule has 1 aliphatic rings. The Labute approximate surface area is 149 Å². The van der Waals surface area contributed by atoms with Gasteiger partial charge < -0.3 is 15.4 Å². The minimum absolute atomic E-state index is 0. The normalized spacial score (nSPS) is 12.4. The summed E-state index contributed by atoms with van der Waals surface area (Å²) in [5, 5.41) is 6.37. The maximum atomic E-state index is 12.5. The molecular formula is C19H23ClN2O2. The largest absolute Gasteiger partial charge is 0.494 e. The molecule has 2 N–H and O–H groups in total. The smallest absolute Gasteiger partial charge is 0.251 e. The zero-order valence-electron chi connectivity index (χ0n) is 13.8. The Balaban J connectivity index is 0.00000208. The summed E-state index contributed by atoms with van der Waals surface area (Å²) < 4.78 is 5.49. The number of fused-ring (bicyclic) bond motifs is 1. The average Bonchev–Trinajstić information content (AvgIpc) is 2.60. The number of rotatable bonds is 5. The van der Waals surface area contributed by atoms with E-state index in [-0.39, 0.29) is 18.3 Å². The minimum Gasteiger partial charge on any atom is -0.494 e. The lowest BCUT2D eigenvalue weighted by Crippen LogP contribution is -2.25. The molecule has 0 spiro atoms. The minimum atomic E-state index is -0.0210. The van der Waals surface area contributed by atoms with Crippen molar-refractivity contribution in [3.8, 4) is 5.75 Å². The van der Waals surface area contributed by atoms with Gasteiger partial charge in [0.1, 0.15) is 5.75 Å². The molecule has 128 valence electrons. The first kappa shape index (κ1) is 18.1. The number of halogens is 1. The van der Waals surface area contributed by atoms with Gasteiger partial charge in [-0.15, -0.1) is 12.4 Å². The summed E-state index contributed by atoms with van der Waals surface area (Å²) in [6, 6.07) is 13.7. The number of ether oxygens (including phenoxy) is 1.